The monoisotopic (exact) mass is 696 g/mol. The van der Waals surface area contributed by atoms with E-state index in [0.29, 0.717) is 23.9 Å². The molecule has 8 aliphatic rings. The van der Waals surface area contributed by atoms with Gasteiger partial charge in [0.25, 0.3) is 0 Å². The molecule has 6 unspecified atom stereocenters. The number of benzene rings is 2. The molecule has 0 fully saturated rings. The Morgan fingerprint density at radius 3 is 2.75 bits per heavy atom. The second-order valence-electron chi connectivity index (χ2n) is 15.6. The highest BCUT2D eigenvalue weighted by atomic mass is 16.5. The first-order valence-corrected chi connectivity index (χ1v) is 19.8. The van der Waals surface area contributed by atoms with Gasteiger partial charge in [-0.05, 0) is 106 Å². The number of anilines is 1. The summed E-state index contributed by atoms with van der Waals surface area (Å²) in [7, 11) is 0. The standard InChI is InChI=1S/C49H48N2O2/c1-3-34(26-24-32(2)33-25-28-43-40(30-33)37-16-7-10-19-42(37)51(43)35-14-5-4-6-15-35)50(36-27-29-47-41(31-36)38-17-8-11-21-45(38)52-47)44-20-13-23-48-49(44)39-18-9-12-22-46(39)53-48/h3-6,8-12,14,18-22,24-29,31,33,35,38,40,43,48-49H,2,7,13,15-17,23,30H2,1H3/b26-24-,34-3+/t33?,35?,38-,40?,43?,48?,49?/m1/s1. The second-order valence-corrected chi connectivity index (χ2v) is 15.6. The van der Waals surface area contributed by atoms with Crippen molar-refractivity contribution in [2.24, 2.45) is 11.8 Å². The summed E-state index contributed by atoms with van der Waals surface area (Å²) in [6.45, 7) is 6.88. The highest BCUT2D eigenvalue weighted by molar-refractivity contribution is 5.68. The van der Waals surface area contributed by atoms with Crippen LogP contribution in [0.3, 0.4) is 0 Å². The van der Waals surface area contributed by atoms with Gasteiger partial charge in [-0.15, -0.1) is 0 Å². The minimum Gasteiger partial charge on any atom is -0.489 e. The molecule has 0 amide bonds. The van der Waals surface area contributed by atoms with Gasteiger partial charge in [0.2, 0.25) is 0 Å². The van der Waals surface area contributed by atoms with Crippen molar-refractivity contribution >= 4 is 5.69 Å². The normalized spacial score (nSPS) is 30.2. The molecule has 2 aromatic rings. The Bertz CT molecular complexity index is 2170. The predicted molar refractivity (Wildman–Crippen MR) is 216 cm³/mol. The summed E-state index contributed by atoms with van der Waals surface area (Å²) in [5, 5.41) is 0. The Kier molecular flexibility index (Phi) is 8.15. The van der Waals surface area contributed by atoms with Crippen LogP contribution in [0.5, 0.6) is 11.5 Å². The van der Waals surface area contributed by atoms with Gasteiger partial charge in [0.1, 0.15) is 23.4 Å². The lowest BCUT2D eigenvalue weighted by Crippen LogP contribution is -2.41. The van der Waals surface area contributed by atoms with Crippen LogP contribution in [-0.2, 0) is 0 Å². The lowest BCUT2D eigenvalue weighted by Gasteiger charge is -2.38. The van der Waals surface area contributed by atoms with E-state index in [0.717, 1.165) is 67.2 Å². The van der Waals surface area contributed by atoms with Gasteiger partial charge in [0.05, 0.1) is 18.0 Å². The molecule has 0 N–H and O–H groups in total. The number of fused-ring (bicyclic) bond motifs is 8. The van der Waals surface area contributed by atoms with Crippen molar-refractivity contribution in [3.05, 3.63) is 185 Å². The smallest absolute Gasteiger partial charge is 0.131 e. The Morgan fingerprint density at radius 1 is 0.925 bits per heavy atom. The maximum absolute atomic E-state index is 6.60. The number of hydrogen-bond donors (Lipinski definition) is 0. The summed E-state index contributed by atoms with van der Waals surface area (Å²) in [5.41, 5.74) is 10.4. The minimum absolute atomic E-state index is 0.128. The Labute approximate surface area is 314 Å². The molecule has 266 valence electrons. The molecule has 53 heavy (non-hydrogen) atoms. The highest BCUT2D eigenvalue weighted by Gasteiger charge is 2.44. The van der Waals surface area contributed by atoms with Gasteiger partial charge in [-0.2, -0.15) is 0 Å². The zero-order valence-electron chi connectivity index (χ0n) is 30.6. The zero-order chi connectivity index (χ0) is 35.5. The summed E-state index contributed by atoms with van der Waals surface area (Å²) < 4.78 is 12.9. The topological polar surface area (TPSA) is 24.9 Å². The Morgan fingerprint density at radius 2 is 1.85 bits per heavy atom. The van der Waals surface area contributed by atoms with Gasteiger partial charge in [0, 0.05) is 51.7 Å². The third-order valence-electron chi connectivity index (χ3n) is 12.8. The van der Waals surface area contributed by atoms with E-state index in [9.17, 15) is 0 Å². The average Bonchev–Trinajstić information content (AvgIpc) is 3.89. The summed E-state index contributed by atoms with van der Waals surface area (Å²) in [6, 6.07) is 16.2. The molecule has 7 atom stereocenters. The van der Waals surface area contributed by atoms with Crippen LogP contribution in [-0.4, -0.2) is 23.1 Å². The summed E-state index contributed by atoms with van der Waals surface area (Å²) in [4.78, 5) is 5.20. The molecular weight excluding hydrogens is 649 g/mol. The van der Waals surface area contributed by atoms with Crippen molar-refractivity contribution in [1.29, 1.82) is 0 Å². The fourth-order valence-corrected chi connectivity index (χ4v) is 10.2. The first kappa shape index (κ1) is 32.4. The third-order valence-corrected chi connectivity index (χ3v) is 12.8. The average molecular weight is 697 g/mol. The maximum atomic E-state index is 6.60. The van der Waals surface area contributed by atoms with Crippen LogP contribution >= 0.6 is 0 Å². The summed E-state index contributed by atoms with van der Waals surface area (Å²) >= 11 is 0. The molecular formula is C49H48N2O2. The van der Waals surface area contributed by atoms with Gasteiger partial charge in [0.15, 0.2) is 0 Å². The molecule has 0 radical (unpaired) electrons. The lowest BCUT2D eigenvalue weighted by atomic mass is 9.76. The second kappa shape index (κ2) is 13.3. The van der Waals surface area contributed by atoms with Crippen molar-refractivity contribution in [3.63, 3.8) is 0 Å². The van der Waals surface area contributed by atoms with E-state index < -0.39 is 0 Å². The molecule has 4 nitrogen and oxygen atoms in total. The van der Waals surface area contributed by atoms with Gasteiger partial charge >= 0.3 is 0 Å². The number of nitrogens with zero attached hydrogens (tertiary/aromatic N) is 2. The molecule has 0 spiro atoms. The summed E-state index contributed by atoms with van der Waals surface area (Å²) in [5.74, 6) is 4.30. The fraction of sp³-hybridized carbons (Fsp3) is 0.306. The highest BCUT2D eigenvalue weighted by Crippen LogP contribution is 2.52. The largest absolute Gasteiger partial charge is 0.489 e. The fourth-order valence-electron chi connectivity index (χ4n) is 10.2. The van der Waals surface area contributed by atoms with Crippen LogP contribution < -0.4 is 14.4 Å². The molecule has 5 aliphatic carbocycles. The minimum atomic E-state index is 0.128. The molecule has 2 aromatic carbocycles. The molecule has 0 saturated heterocycles. The van der Waals surface area contributed by atoms with Gasteiger partial charge in [-0.1, -0.05) is 97.7 Å². The molecule has 0 bridgehead atoms. The Balaban J connectivity index is 0.974. The SMILES string of the molecule is C=C(/C=C\C(=C/C)N(C1=CCCC2Oc3ccccc3C12)c1ccc2c(c1)[C@H]1CC=CC=C1O2)C1C=CC2C(C1)C1=C(C=CCC1)N2C1C=CC=CC1. The van der Waals surface area contributed by atoms with E-state index in [1.165, 1.54) is 34.5 Å². The Hall–Kier alpha value is -5.22. The zero-order valence-corrected chi connectivity index (χ0v) is 30.6. The number of hydrogen-bond acceptors (Lipinski definition) is 4. The van der Waals surface area contributed by atoms with Crippen molar-refractivity contribution in [2.75, 3.05) is 4.90 Å². The summed E-state index contributed by atoms with van der Waals surface area (Å²) in [6.07, 6.45) is 42.2. The van der Waals surface area contributed by atoms with Crippen molar-refractivity contribution in [2.45, 2.75) is 81.9 Å². The van der Waals surface area contributed by atoms with Gasteiger partial charge < -0.3 is 19.3 Å². The molecule has 10 rings (SSSR count). The number of para-hydroxylation sites is 1. The molecule has 3 heterocycles. The molecule has 0 aromatic heterocycles. The van der Waals surface area contributed by atoms with Crippen LogP contribution in [0, 0.1) is 11.8 Å². The van der Waals surface area contributed by atoms with E-state index in [4.69, 9.17) is 16.1 Å². The van der Waals surface area contributed by atoms with Crippen LogP contribution in [0.4, 0.5) is 5.69 Å². The van der Waals surface area contributed by atoms with Crippen LogP contribution in [0.1, 0.15) is 74.8 Å². The van der Waals surface area contributed by atoms with E-state index >= 15 is 0 Å². The van der Waals surface area contributed by atoms with Crippen molar-refractivity contribution in [1.82, 2.24) is 4.90 Å². The van der Waals surface area contributed by atoms with E-state index in [2.05, 4.69) is 150 Å². The lowest BCUT2D eigenvalue weighted by molar-refractivity contribution is 0.199. The van der Waals surface area contributed by atoms with Crippen LogP contribution in [0.2, 0.25) is 0 Å². The van der Waals surface area contributed by atoms with Crippen molar-refractivity contribution in [3.8, 4) is 11.5 Å². The van der Waals surface area contributed by atoms with E-state index in [-0.39, 0.29) is 17.9 Å². The quantitative estimate of drug-likeness (QED) is 0.213. The van der Waals surface area contributed by atoms with Gasteiger partial charge in [-0.3, -0.25) is 0 Å². The van der Waals surface area contributed by atoms with Crippen LogP contribution in [0.15, 0.2) is 174 Å². The third kappa shape index (κ3) is 5.48. The molecule has 0 saturated carbocycles. The molecule has 3 aliphatic heterocycles. The molecule has 4 heteroatoms. The predicted octanol–water partition coefficient (Wildman–Crippen LogP) is 11.4. The van der Waals surface area contributed by atoms with Gasteiger partial charge in [-0.25, -0.2) is 0 Å². The van der Waals surface area contributed by atoms with Crippen molar-refractivity contribution < 1.29 is 9.47 Å². The number of rotatable bonds is 7. The van der Waals surface area contributed by atoms with E-state index in [1.54, 1.807) is 5.57 Å². The van der Waals surface area contributed by atoms with E-state index in [1.807, 2.05) is 0 Å². The number of allylic oxidation sites excluding steroid dienone is 14. The van der Waals surface area contributed by atoms with Crippen LogP contribution in [0.25, 0.3) is 0 Å². The first-order chi connectivity index (χ1) is 26.2. The first-order valence-electron chi connectivity index (χ1n) is 19.8. The maximum Gasteiger partial charge on any atom is 0.131 e. The number of ether oxygens (including phenoxy) is 2.